The van der Waals surface area contributed by atoms with E-state index in [2.05, 4.69) is 0 Å². The highest BCUT2D eigenvalue weighted by Gasteiger charge is 2.49. The Labute approximate surface area is 136 Å². The van der Waals surface area contributed by atoms with E-state index in [-0.39, 0.29) is 35.4 Å². The summed E-state index contributed by atoms with van der Waals surface area (Å²) in [5.41, 5.74) is 1.10. The van der Waals surface area contributed by atoms with E-state index < -0.39 is 6.10 Å². The minimum Gasteiger partial charge on any atom is -0.393 e. The second kappa shape index (κ2) is 6.93. The Morgan fingerprint density at radius 3 is 2.65 bits per heavy atom. The van der Waals surface area contributed by atoms with Crippen LogP contribution in [0.25, 0.3) is 0 Å². The van der Waals surface area contributed by atoms with Crippen molar-refractivity contribution in [3.63, 3.8) is 0 Å². The van der Waals surface area contributed by atoms with E-state index in [1.807, 2.05) is 30.3 Å². The van der Waals surface area contributed by atoms with Crippen LogP contribution in [0, 0.1) is 17.8 Å². The van der Waals surface area contributed by atoms with Crippen molar-refractivity contribution in [1.29, 1.82) is 0 Å². The van der Waals surface area contributed by atoms with Gasteiger partial charge in [0.2, 0.25) is 0 Å². The number of carbonyl (C=O) groups excluding carboxylic acids is 2. The van der Waals surface area contributed by atoms with Gasteiger partial charge in [0, 0.05) is 24.7 Å². The van der Waals surface area contributed by atoms with Crippen molar-refractivity contribution in [2.75, 3.05) is 0 Å². The Hall–Kier alpha value is -1.52. The first-order valence-electron chi connectivity index (χ1n) is 8.42. The van der Waals surface area contributed by atoms with Gasteiger partial charge < -0.3 is 9.84 Å². The SMILES string of the molecule is CC(=O)[C@@H]1CC(=O)C[C@@H]2[C@H]1[C@H](OCc1ccccc1)CC[C@@H]2O. The first kappa shape index (κ1) is 16.3. The molecular formula is C19H24O4. The zero-order valence-corrected chi connectivity index (χ0v) is 13.5. The van der Waals surface area contributed by atoms with Gasteiger partial charge in [-0.15, -0.1) is 0 Å². The Balaban J connectivity index is 1.76. The van der Waals surface area contributed by atoms with Crippen LogP contribution in [0.2, 0.25) is 0 Å². The Bertz CT molecular complexity index is 568. The molecule has 0 aromatic heterocycles. The van der Waals surface area contributed by atoms with E-state index in [1.165, 1.54) is 0 Å². The molecule has 1 aromatic carbocycles. The summed E-state index contributed by atoms with van der Waals surface area (Å²) in [5, 5.41) is 10.3. The molecule has 0 saturated heterocycles. The second-order valence-electron chi connectivity index (χ2n) is 6.89. The average Bonchev–Trinajstić information content (AvgIpc) is 2.55. The summed E-state index contributed by atoms with van der Waals surface area (Å²) >= 11 is 0. The zero-order valence-electron chi connectivity index (χ0n) is 13.5. The van der Waals surface area contributed by atoms with E-state index in [4.69, 9.17) is 4.74 Å². The molecule has 2 aliphatic carbocycles. The molecule has 0 unspecified atom stereocenters. The molecule has 0 aliphatic heterocycles. The lowest BCUT2D eigenvalue weighted by molar-refractivity contribution is -0.152. The van der Waals surface area contributed by atoms with Crippen LogP contribution < -0.4 is 0 Å². The fraction of sp³-hybridized carbons (Fsp3) is 0.579. The number of rotatable bonds is 4. The predicted octanol–water partition coefficient (Wildman–Crippen LogP) is 2.53. The highest BCUT2D eigenvalue weighted by Crippen LogP contribution is 2.44. The van der Waals surface area contributed by atoms with Crippen LogP contribution in [0.3, 0.4) is 0 Å². The zero-order chi connectivity index (χ0) is 16.4. The fourth-order valence-electron chi connectivity index (χ4n) is 4.22. The molecule has 0 amide bonds. The molecule has 2 fully saturated rings. The van der Waals surface area contributed by atoms with Gasteiger partial charge in [0.05, 0.1) is 18.8 Å². The van der Waals surface area contributed by atoms with Gasteiger partial charge in [0.1, 0.15) is 11.6 Å². The van der Waals surface area contributed by atoms with Crippen LogP contribution >= 0.6 is 0 Å². The van der Waals surface area contributed by atoms with E-state index in [1.54, 1.807) is 6.92 Å². The summed E-state index contributed by atoms with van der Waals surface area (Å²) in [7, 11) is 0. The third kappa shape index (κ3) is 3.54. The minimum atomic E-state index is -0.498. The van der Waals surface area contributed by atoms with E-state index in [9.17, 15) is 14.7 Å². The van der Waals surface area contributed by atoms with E-state index >= 15 is 0 Å². The van der Waals surface area contributed by atoms with Crippen molar-refractivity contribution in [2.45, 2.75) is 51.4 Å². The number of hydrogen-bond acceptors (Lipinski definition) is 4. The fourth-order valence-corrected chi connectivity index (χ4v) is 4.22. The number of hydrogen-bond donors (Lipinski definition) is 1. The maximum absolute atomic E-state index is 12.0. The molecule has 2 aliphatic rings. The van der Waals surface area contributed by atoms with Crippen LogP contribution in [-0.2, 0) is 20.9 Å². The molecule has 0 radical (unpaired) electrons. The lowest BCUT2D eigenvalue weighted by atomic mass is 9.62. The van der Waals surface area contributed by atoms with Gasteiger partial charge in [0.25, 0.3) is 0 Å². The number of aliphatic hydroxyl groups excluding tert-OH is 1. The Morgan fingerprint density at radius 2 is 1.96 bits per heavy atom. The molecule has 0 bridgehead atoms. The molecule has 124 valence electrons. The van der Waals surface area contributed by atoms with Crippen molar-refractivity contribution in [3.8, 4) is 0 Å². The predicted molar refractivity (Wildman–Crippen MR) is 85.7 cm³/mol. The largest absolute Gasteiger partial charge is 0.393 e. The van der Waals surface area contributed by atoms with Gasteiger partial charge in [0.15, 0.2) is 0 Å². The molecule has 0 heterocycles. The summed E-state index contributed by atoms with van der Waals surface area (Å²) in [4.78, 5) is 24.0. The maximum Gasteiger partial charge on any atom is 0.134 e. The number of ether oxygens (including phenoxy) is 1. The van der Waals surface area contributed by atoms with Crippen LogP contribution in [0.4, 0.5) is 0 Å². The van der Waals surface area contributed by atoms with Crippen molar-refractivity contribution in [2.24, 2.45) is 17.8 Å². The molecule has 23 heavy (non-hydrogen) atoms. The van der Waals surface area contributed by atoms with Crippen LogP contribution in [-0.4, -0.2) is 28.9 Å². The van der Waals surface area contributed by atoms with Crippen molar-refractivity contribution in [3.05, 3.63) is 35.9 Å². The number of ketones is 2. The van der Waals surface area contributed by atoms with E-state index in [0.717, 1.165) is 12.0 Å². The molecule has 3 rings (SSSR count). The molecule has 0 spiro atoms. The molecule has 1 aromatic rings. The number of Topliss-reactive ketones (excluding diaryl/α,β-unsaturated/α-hetero) is 2. The highest BCUT2D eigenvalue weighted by molar-refractivity contribution is 5.88. The summed E-state index contributed by atoms with van der Waals surface area (Å²) in [5.74, 6) is -0.362. The third-order valence-corrected chi connectivity index (χ3v) is 5.37. The van der Waals surface area contributed by atoms with Gasteiger partial charge in [-0.1, -0.05) is 30.3 Å². The second-order valence-corrected chi connectivity index (χ2v) is 6.89. The Kier molecular flexibility index (Phi) is 4.93. The number of benzene rings is 1. The van der Waals surface area contributed by atoms with Gasteiger partial charge in [-0.05, 0) is 31.2 Å². The number of aliphatic hydroxyl groups is 1. The van der Waals surface area contributed by atoms with Crippen molar-refractivity contribution < 1.29 is 19.4 Å². The molecule has 2 saturated carbocycles. The summed E-state index contributed by atoms with van der Waals surface area (Å²) < 4.78 is 6.13. The minimum absolute atomic E-state index is 0.0375. The first-order chi connectivity index (χ1) is 11.1. The average molecular weight is 316 g/mol. The summed E-state index contributed by atoms with van der Waals surface area (Å²) in [6.45, 7) is 2.05. The Morgan fingerprint density at radius 1 is 1.22 bits per heavy atom. The van der Waals surface area contributed by atoms with Crippen molar-refractivity contribution in [1.82, 2.24) is 0 Å². The highest BCUT2D eigenvalue weighted by atomic mass is 16.5. The lowest BCUT2D eigenvalue weighted by Crippen LogP contribution is -2.51. The monoisotopic (exact) mass is 316 g/mol. The van der Waals surface area contributed by atoms with E-state index in [0.29, 0.717) is 25.9 Å². The quantitative estimate of drug-likeness (QED) is 0.927. The van der Waals surface area contributed by atoms with Crippen LogP contribution in [0.15, 0.2) is 30.3 Å². The maximum atomic E-state index is 12.0. The topological polar surface area (TPSA) is 63.6 Å². The van der Waals surface area contributed by atoms with Crippen LogP contribution in [0.1, 0.15) is 38.2 Å². The van der Waals surface area contributed by atoms with Gasteiger partial charge in [-0.25, -0.2) is 0 Å². The molecule has 4 nitrogen and oxygen atoms in total. The lowest BCUT2D eigenvalue weighted by Gasteiger charge is -2.46. The number of carbonyl (C=O) groups is 2. The van der Waals surface area contributed by atoms with Crippen LogP contribution in [0.5, 0.6) is 0 Å². The smallest absolute Gasteiger partial charge is 0.134 e. The van der Waals surface area contributed by atoms with Gasteiger partial charge >= 0.3 is 0 Å². The number of fused-ring (bicyclic) bond motifs is 1. The third-order valence-electron chi connectivity index (χ3n) is 5.37. The molecular weight excluding hydrogens is 292 g/mol. The van der Waals surface area contributed by atoms with Crippen molar-refractivity contribution >= 4 is 11.6 Å². The molecule has 5 atom stereocenters. The molecule has 4 heteroatoms. The van der Waals surface area contributed by atoms with Gasteiger partial charge in [-0.2, -0.15) is 0 Å². The standard InChI is InChI=1S/C19H24O4/c1-12(20)15-9-14(21)10-16-17(22)7-8-18(19(15)16)23-11-13-5-3-2-4-6-13/h2-6,15-19,22H,7-11H2,1H3/t15-,16-,17-,18+,19-/m0/s1. The van der Waals surface area contributed by atoms with Gasteiger partial charge in [-0.3, -0.25) is 9.59 Å². The first-order valence-corrected chi connectivity index (χ1v) is 8.42. The summed E-state index contributed by atoms with van der Waals surface area (Å²) in [6, 6.07) is 9.95. The molecule has 1 N–H and O–H groups in total. The normalized spacial score (nSPS) is 34.0. The summed E-state index contributed by atoms with van der Waals surface area (Å²) in [6.07, 6.45) is 1.49.